The number of nitrogens with one attached hydrogen (secondary N) is 2. The number of rotatable bonds is 10. The molecule has 6 heteroatoms. The molecule has 156 valence electrons. The molecular weight excluding hydrogens is 366 g/mol. The van der Waals surface area contributed by atoms with Gasteiger partial charge in [0.05, 0.1) is 26.2 Å². The smallest absolute Gasteiger partial charge is 0.238 e. The summed E-state index contributed by atoms with van der Waals surface area (Å²) >= 11 is 0. The fourth-order valence-electron chi connectivity index (χ4n) is 3.05. The Kier molecular flexibility index (Phi) is 8.68. The molecule has 0 fully saturated rings. The fourth-order valence-corrected chi connectivity index (χ4v) is 3.05. The van der Waals surface area contributed by atoms with Crippen molar-refractivity contribution in [3.05, 3.63) is 59.7 Å². The van der Waals surface area contributed by atoms with Crippen molar-refractivity contribution in [2.45, 2.75) is 33.2 Å². The lowest BCUT2D eigenvalue weighted by atomic mass is 10.0. The zero-order valence-corrected chi connectivity index (χ0v) is 17.7. The minimum atomic E-state index is -0.168. The number of nitrogens with zero attached hydrogens (tertiary/aromatic N) is 1. The van der Waals surface area contributed by atoms with Crippen molar-refractivity contribution >= 4 is 17.5 Å². The molecule has 0 unspecified atom stereocenters. The number of benzene rings is 2. The van der Waals surface area contributed by atoms with Gasteiger partial charge in [0, 0.05) is 11.8 Å². The van der Waals surface area contributed by atoms with Crippen LogP contribution in [0.25, 0.3) is 0 Å². The Balaban J connectivity index is 1.89. The van der Waals surface area contributed by atoms with Crippen molar-refractivity contribution < 1.29 is 14.3 Å². The van der Waals surface area contributed by atoms with Gasteiger partial charge in [-0.25, -0.2) is 0 Å². The van der Waals surface area contributed by atoms with Gasteiger partial charge in [0.2, 0.25) is 11.8 Å². The molecule has 0 spiro atoms. The molecule has 29 heavy (non-hydrogen) atoms. The van der Waals surface area contributed by atoms with Crippen LogP contribution in [0.3, 0.4) is 0 Å². The highest BCUT2D eigenvalue weighted by molar-refractivity contribution is 5.92. The number of anilines is 1. The van der Waals surface area contributed by atoms with Gasteiger partial charge in [-0.3, -0.25) is 14.5 Å². The molecule has 1 atom stereocenters. The lowest BCUT2D eigenvalue weighted by molar-refractivity contribution is -0.124. The summed E-state index contributed by atoms with van der Waals surface area (Å²) in [6.07, 6.45) is 0.803. The van der Waals surface area contributed by atoms with Crippen LogP contribution in [-0.4, -0.2) is 43.5 Å². The van der Waals surface area contributed by atoms with Gasteiger partial charge in [-0.1, -0.05) is 49.7 Å². The maximum atomic E-state index is 12.5. The average molecular weight is 398 g/mol. The van der Waals surface area contributed by atoms with E-state index in [1.54, 1.807) is 19.2 Å². The van der Waals surface area contributed by atoms with Gasteiger partial charge in [-0.2, -0.15) is 0 Å². The minimum absolute atomic E-state index is 0.0348. The fraction of sp³-hybridized carbons (Fsp3) is 0.391. The Morgan fingerprint density at radius 1 is 1.03 bits per heavy atom. The Hall–Kier alpha value is -2.86. The summed E-state index contributed by atoms with van der Waals surface area (Å²) < 4.78 is 5.17. The molecule has 2 N–H and O–H groups in total. The van der Waals surface area contributed by atoms with E-state index in [4.69, 9.17) is 4.74 Å². The van der Waals surface area contributed by atoms with Crippen molar-refractivity contribution in [1.29, 1.82) is 0 Å². The summed E-state index contributed by atoms with van der Waals surface area (Å²) in [5.74, 6) is 0.420. The number of hydrogen-bond acceptors (Lipinski definition) is 4. The predicted octanol–water partition coefficient (Wildman–Crippen LogP) is 3.53. The van der Waals surface area contributed by atoms with Gasteiger partial charge in [-0.15, -0.1) is 0 Å². The predicted molar refractivity (Wildman–Crippen MR) is 116 cm³/mol. The number of aryl methyl sites for hydroxylation is 1. The van der Waals surface area contributed by atoms with E-state index in [1.165, 1.54) is 5.56 Å². The molecule has 2 aromatic carbocycles. The highest BCUT2D eigenvalue weighted by atomic mass is 16.5. The van der Waals surface area contributed by atoms with Crippen LogP contribution in [0, 0.1) is 6.92 Å². The van der Waals surface area contributed by atoms with Crippen LogP contribution < -0.4 is 15.4 Å². The summed E-state index contributed by atoms with van der Waals surface area (Å²) in [6.45, 7) is 6.93. The van der Waals surface area contributed by atoms with E-state index in [0.29, 0.717) is 18.0 Å². The highest BCUT2D eigenvalue weighted by Crippen LogP contribution is 2.18. The van der Waals surface area contributed by atoms with Gasteiger partial charge in [-0.05, 0) is 37.6 Å². The largest absolute Gasteiger partial charge is 0.497 e. The molecule has 0 aromatic heterocycles. The molecule has 0 bridgehead atoms. The van der Waals surface area contributed by atoms with Crippen molar-refractivity contribution in [1.82, 2.24) is 10.2 Å². The molecule has 0 aliphatic heterocycles. The third-order valence-electron chi connectivity index (χ3n) is 4.76. The number of carbonyl (C=O) groups is 2. The number of likely N-dealkylation sites (N-methyl/N-ethyl adjacent to an activating group) is 1. The zero-order valence-electron chi connectivity index (χ0n) is 17.7. The molecule has 2 rings (SSSR count). The molecule has 6 nitrogen and oxygen atoms in total. The summed E-state index contributed by atoms with van der Waals surface area (Å²) in [4.78, 5) is 26.7. The second-order valence-electron chi connectivity index (χ2n) is 7.02. The van der Waals surface area contributed by atoms with Gasteiger partial charge in [0.15, 0.2) is 0 Å². The lowest BCUT2D eigenvalue weighted by Gasteiger charge is -2.22. The standard InChI is InChI=1S/C23H31N3O3/c1-5-21(18-12-10-17(3)11-13-18)25-23(28)16-26(6-2)15-22(27)24-19-8-7-9-20(14-19)29-4/h7-14,21H,5-6,15-16H2,1-4H3,(H,24,27)(H,25,28)/t21-/m0/s1. The van der Waals surface area contributed by atoms with Gasteiger partial charge >= 0.3 is 0 Å². The molecule has 0 saturated carbocycles. The van der Waals surface area contributed by atoms with E-state index in [-0.39, 0.29) is 30.9 Å². The maximum Gasteiger partial charge on any atom is 0.238 e. The molecule has 2 amide bonds. The number of methoxy groups -OCH3 is 1. The Bertz CT molecular complexity index is 805. The first-order valence-electron chi connectivity index (χ1n) is 9.97. The third kappa shape index (κ3) is 7.23. The third-order valence-corrected chi connectivity index (χ3v) is 4.76. The summed E-state index contributed by atoms with van der Waals surface area (Å²) in [6, 6.07) is 15.3. The normalized spacial score (nSPS) is 11.8. The Morgan fingerprint density at radius 2 is 1.72 bits per heavy atom. The van der Waals surface area contributed by atoms with Crippen molar-refractivity contribution in [3.63, 3.8) is 0 Å². The van der Waals surface area contributed by atoms with Gasteiger partial charge < -0.3 is 15.4 Å². The average Bonchev–Trinajstić information content (AvgIpc) is 2.72. The second-order valence-corrected chi connectivity index (χ2v) is 7.02. The van der Waals surface area contributed by atoms with Crippen LogP contribution in [-0.2, 0) is 9.59 Å². The number of amides is 2. The monoisotopic (exact) mass is 397 g/mol. The van der Waals surface area contributed by atoms with Gasteiger partial charge in [0.1, 0.15) is 5.75 Å². The van der Waals surface area contributed by atoms with Crippen molar-refractivity contribution in [2.75, 3.05) is 32.1 Å². The SMILES string of the molecule is CC[C@H](NC(=O)CN(CC)CC(=O)Nc1cccc(OC)c1)c1ccc(C)cc1. The molecule has 0 heterocycles. The van der Waals surface area contributed by atoms with Crippen molar-refractivity contribution in [3.8, 4) is 5.75 Å². The highest BCUT2D eigenvalue weighted by Gasteiger charge is 2.17. The van der Waals surface area contributed by atoms with Crippen molar-refractivity contribution in [2.24, 2.45) is 0 Å². The second kappa shape index (κ2) is 11.2. The number of carbonyl (C=O) groups excluding carboxylic acids is 2. The molecule has 0 saturated heterocycles. The molecule has 0 aliphatic carbocycles. The first-order chi connectivity index (χ1) is 13.9. The summed E-state index contributed by atoms with van der Waals surface area (Å²) in [5.41, 5.74) is 2.94. The molecular formula is C23H31N3O3. The first-order valence-corrected chi connectivity index (χ1v) is 9.97. The van der Waals surface area contributed by atoms with E-state index in [1.807, 2.05) is 62.1 Å². The van der Waals surface area contributed by atoms with Crippen LogP contribution in [0.5, 0.6) is 5.75 Å². The van der Waals surface area contributed by atoms with Crippen LogP contribution in [0.2, 0.25) is 0 Å². The maximum absolute atomic E-state index is 12.5. The molecule has 2 aromatic rings. The van der Waals surface area contributed by atoms with E-state index in [2.05, 4.69) is 10.6 Å². The van der Waals surface area contributed by atoms with Gasteiger partial charge in [0.25, 0.3) is 0 Å². The van der Waals surface area contributed by atoms with E-state index < -0.39 is 0 Å². The molecule has 0 aliphatic rings. The van der Waals surface area contributed by atoms with Crippen LogP contribution in [0.4, 0.5) is 5.69 Å². The summed E-state index contributed by atoms with van der Waals surface area (Å²) in [7, 11) is 1.58. The van der Waals surface area contributed by atoms with E-state index in [0.717, 1.165) is 12.0 Å². The van der Waals surface area contributed by atoms with E-state index in [9.17, 15) is 9.59 Å². The Morgan fingerprint density at radius 3 is 2.34 bits per heavy atom. The quantitative estimate of drug-likeness (QED) is 0.643. The first kappa shape index (κ1) is 22.4. The lowest BCUT2D eigenvalue weighted by Crippen LogP contribution is -2.42. The minimum Gasteiger partial charge on any atom is -0.497 e. The number of ether oxygens (including phenoxy) is 1. The topological polar surface area (TPSA) is 70.7 Å². The Labute approximate surface area is 173 Å². The van der Waals surface area contributed by atoms with Crippen LogP contribution >= 0.6 is 0 Å². The summed E-state index contributed by atoms with van der Waals surface area (Å²) in [5, 5.41) is 5.92. The zero-order chi connectivity index (χ0) is 21.2. The van der Waals surface area contributed by atoms with Crippen LogP contribution in [0.1, 0.15) is 37.4 Å². The molecule has 0 radical (unpaired) electrons. The number of hydrogen-bond donors (Lipinski definition) is 2. The van der Waals surface area contributed by atoms with Crippen LogP contribution in [0.15, 0.2) is 48.5 Å². The van der Waals surface area contributed by atoms with E-state index >= 15 is 0 Å².